The number of hydrogen-bond donors (Lipinski definition) is 2. The van der Waals surface area contributed by atoms with E-state index in [9.17, 15) is 0 Å². The second kappa shape index (κ2) is 5.86. The molecule has 0 radical (unpaired) electrons. The molecule has 0 saturated heterocycles. The van der Waals surface area contributed by atoms with Crippen LogP contribution in [-0.4, -0.2) is 15.2 Å². The summed E-state index contributed by atoms with van der Waals surface area (Å²) in [5.41, 5.74) is 7.98. The standard InChI is InChI=1S/C14H19N5/c1-4-13-11(7-10(3)18-19-13)14(17-15)12-8-16-6-5-9(12)2/h5-8,14,17H,4,15H2,1-3H3. The summed E-state index contributed by atoms with van der Waals surface area (Å²) in [5, 5.41) is 8.36. The molecule has 2 heterocycles. The summed E-state index contributed by atoms with van der Waals surface area (Å²) in [5.74, 6) is 5.75. The fourth-order valence-electron chi connectivity index (χ4n) is 2.18. The van der Waals surface area contributed by atoms with Crippen LogP contribution in [0.1, 0.15) is 41.0 Å². The topological polar surface area (TPSA) is 76.7 Å². The molecule has 19 heavy (non-hydrogen) atoms. The summed E-state index contributed by atoms with van der Waals surface area (Å²) in [4.78, 5) is 4.19. The molecular formula is C14H19N5. The Morgan fingerprint density at radius 3 is 2.68 bits per heavy atom. The van der Waals surface area contributed by atoms with Crippen molar-refractivity contribution in [1.82, 2.24) is 20.6 Å². The fraction of sp³-hybridized carbons (Fsp3) is 0.357. The highest BCUT2D eigenvalue weighted by molar-refractivity contribution is 5.37. The molecule has 5 heteroatoms. The molecule has 0 spiro atoms. The Morgan fingerprint density at radius 1 is 1.26 bits per heavy atom. The molecule has 0 saturated carbocycles. The molecule has 1 atom stereocenters. The molecule has 0 bridgehead atoms. The lowest BCUT2D eigenvalue weighted by Crippen LogP contribution is -2.30. The first kappa shape index (κ1) is 13.6. The molecule has 0 aromatic carbocycles. The zero-order valence-electron chi connectivity index (χ0n) is 11.5. The third-order valence-electron chi connectivity index (χ3n) is 3.23. The van der Waals surface area contributed by atoms with Gasteiger partial charge in [-0.1, -0.05) is 6.92 Å². The largest absolute Gasteiger partial charge is 0.271 e. The van der Waals surface area contributed by atoms with E-state index in [0.717, 1.165) is 34.5 Å². The van der Waals surface area contributed by atoms with Gasteiger partial charge in [0, 0.05) is 18.0 Å². The molecular weight excluding hydrogens is 238 g/mol. The Hall–Kier alpha value is -1.85. The maximum absolute atomic E-state index is 5.75. The number of nitrogens with one attached hydrogen (secondary N) is 1. The van der Waals surface area contributed by atoms with E-state index in [4.69, 9.17) is 5.84 Å². The van der Waals surface area contributed by atoms with E-state index in [1.807, 2.05) is 25.3 Å². The van der Waals surface area contributed by atoms with Gasteiger partial charge in [-0.05, 0) is 43.5 Å². The molecule has 0 aliphatic carbocycles. The first-order valence-corrected chi connectivity index (χ1v) is 6.37. The van der Waals surface area contributed by atoms with Gasteiger partial charge in [-0.3, -0.25) is 10.8 Å². The Morgan fingerprint density at radius 2 is 2.05 bits per heavy atom. The van der Waals surface area contributed by atoms with E-state index in [-0.39, 0.29) is 6.04 Å². The van der Waals surface area contributed by atoms with E-state index >= 15 is 0 Å². The maximum Gasteiger partial charge on any atom is 0.0746 e. The van der Waals surface area contributed by atoms with Crippen LogP contribution in [0.5, 0.6) is 0 Å². The van der Waals surface area contributed by atoms with Crippen LogP contribution in [0.2, 0.25) is 0 Å². The minimum absolute atomic E-state index is 0.113. The maximum atomic E-state index is 5.75. The highest BCUT2D eigenvalue weighted by atomic mass is 15.2. The zero-order valence-corrected chi connectivity index (χ0v) is 11.5. The summed E-state index contributed by atoms with van der Waals surface area (Å²) in [6.07, 6.45) is 4.44. The molecule has 0 aliphatic heterocycles. The Balaban J connectivity index is 2.54. The third-order valence-corrected chi connectivity index (χ3v) is 3.23. The normalized spacial score (nSPS) is 12.4. The van der Waals surface area contributed by atoms with Gasteiger partial charge in [0.2, 0.25) is 0 Å². The van der Waals surface area contributed by atoms with Crippen molar-refractivity contribution in [3.05, 3.63) is 52.6 Å². The number of hydrazine groups is 1. The van der Waals surface area contributed by atoms with E-state index in [0.29, 0.717) is 0 Å². The highest BCUT2D eigenvalue weighted by Crippen LogP contribution is 2.25. The van der Waals surface area contributed by atoms with Crippen LogP contribution in [0.3, 0.4) is 0 Å². The SMILES string of the molecule is CCc1nnc(C)cc1C(NN)c1cnccc1C. The number of hydrogen-bond acceptors (Lipinski definition) is 5. The highest BCUT2D eigenvalue weighted by Gasteiger charge is 2.19. The lowest BCUT2D eigenvalue weighted by Gasteiger charge is -2.20. The molecule has 5 nitrogen and oxygen atoms in total. The number of nitrogens with two attached hydrogens (primary N) is 1. The van der Waals surface area contributed by atoms with E-state index in [1.54, 1.807) is 6.20 Å². The van der Waals surface area contributed by atoms with Crippen molar-refractivity contribution in [2.24, 2.45) is 5.84 Å². The van der Waals surface area contributed by atoms with Gasteiger partial charge in [-0.15, -0.1) is 0 Å². The predicted molar refractivity (Wildman–Crippen MR) is 74.3 cm³/mol. The van der Waals surface area contributed by atoms with Crippen LogP contribution in [0.25, 0.3) is 0 Å². The van der Waals surface area contributed by atoms with Crippen LogP contribution in [-0.2, 0) is 6.42 Å². The van der Waals surface area contributed by atoms with Gasteiger partial charge in [-0.2, -0.15) is 10.2 Å². The van der Waals surface area contributed by atoms with Crippen LogP contribution in [0, 0.1) is 13.8 Å². The van der Waals surface area contributed by atoms with Gasteiger partial charge in [0.1, 0.15) is 0 Å². The van der Waals surface area contributed by atoms with Crippen molar-refractivity contribution >= 4 is 0 Å². The molecule has 100 valence electrons. The van der Waals surface area contributed by atoms with E-state index in [1.165, 1.54) is 0 Å². The monoisotopic (exact) mass is 257 g/mol. The average Bonchev–Trinajstić information content (AvgIpc) is 2.42. The molecule has 2 rings (SSSR count). The third kappa shape index (κ3) is 2.77. The van der Waals surface area contributed by atoms with Crippen LogP contribution >= 0.6 is 0 Å². The first-order valence-electron chi connectivity index (χ1n) is 6.37. The Labute approximate surface area is 113 Å². The molecule has 3 N–H and O–H groups in total. The minimum Gasteiger partial charge on any atom is -0.271 e. The second-order valence-electron chi connectivity index (χ2n) is 4.57. The summed E-state index contributed by atoms with van der Waals surface area (Å²) in [6.45, 7) is 6.04. The predicted octanol–water partition coefficient (Wildman–Crippen LogP) is 1.60. The van der Waals surface area contributed by atoms with Crippen molar-refractivity contribution in [2.75, 3.05) is 0 Å². The quantitative estimate of drug-likeness (QED) is 0.642. The molecule has 0 aliphatic rings. The molecule has 0 fully saturated rings. The number of rotatable bonds is 4. The fourth-order valence-corrected chi connectivity index (χ4v) is 2.18. The van der Waals surface area contributed by atoms with Crippen LogP contribution < -0.4 is 11.3 Å². The van der Waals surface area contributed by atoms with Crippen molar-refractivity contribution in [3.63, 3.8) is 0 Å². The van der Waals surface area contributed by atoms with Crippen molar-refractivity contribution < 1.29 is 0 Å². The van der Waals surface area contributed by atoms with E-state index < -0.39 is 0 Å². The Kier molecular flexibility index (Phi) is 4.19. The summed E-state index contributed by atoms with van der Waals surface area (Å²) in [6, 6.07) is 3.90. The number of aromatic nitrogens is 3. The van der Waals surface area contributed by atoms with Crippen LogP contribution in [0.15, 0.2) is 24.5 Å². The smallest absolute Gasteiger partial charge is 0.0746 e. The molecule has 2 aromatic heterocycles. The zero-order chi connectivity index (χ0) is 13.8. The van der Waals surface area contributed by atoms with Crippen LogP contribution in [0.4, 0.5) is 0 Å². The number of pyridine rings is 1. The van der Waals surface area contributed by atoms with Crippen molar-refractivity contribution in [2.45, 2.75) is 33.2 Å². The van der Waals surface area contributed by atoms with Gasteiger partial charge >= 0.3 is 0 Å². The van der Waals surface area contributed by atoms with Gasteiger partial charge < -0.3 is 0 Å². The summed E-state index contributed by atoms with van der Waals surface area (Å²) >= 11 is 0. The lowest BCUT2D eigenvalue weighted by atomic mass is 9.95. The molecule has 0 amide bonds. The van der Waals surface area contributed by atoms with Gasteiger partial charge in [-0.25, -0.2) is 5.43 Å². The van der Waals surface area contributed by atoms with E-state index in [2.05, 4.69) is 34.5 Å². The van der Waals surface area contributed by atoms with Gasteiger partial charge in [0.25, 0.3) is 0 Å². The van der Waals surface area contributed by atoms with Gasteiger partial charge in [0.05, 0.1) is 17.4 Å². The number of nitrogens with zero attached hydrogens (tertiary/aromatic N) is 3. The Bertz CT molecular complexity index is 568. The molecule has 1 unspecified atom stereocenters. The lowest BCUT2D eigenvalue weighted by molar-refractivity contribution is 0.616. The summed E-state index contributed by atoms with van der Waals surface area (Å²) < 4.78 is 0. The number of aryl methyl sites for hydroxylation is 3. The average molecular weight is 257 g/mol. The molecule has 2 aromatic rings. The van der Waals surface area contributed by atoms with Gasteiger partial charge in [0.15, 0.2) is 0 Å². The minimum atomic E-state index is -0.113. The van der Waals surface area contributed by atoms with Crippen molar-refractivity contribution in [1.29, 1.82) is 0 Å². The summed E-state index contributed by atoms with van der Waals surface area (Å²) in [7, 11) is 0. The first-order chi connectivity index (χ1) is 9.17. The second-order valence-corrected chi connectivity index (χ2v) is 4.57. The van der Waals surface area contributed by atoms with Crippen molar-refractivity contribution in [3.8, 4) is 0 Å².